The summed E-state index contributed by atoms with van der Waals surface area (Å²) in [4.78, 5) is 0. The van der Waals surface area contributed by atoms with Gasteiger partial charge in [-0.1, -0.05) is 62.9 Å². The minimum absolute atomic E-state index is 0.669. The molecular weight excluding hydrogens is 254 g/mol. The molecule has 0 heterocycles. The second-order valence-corrected chi connectivity index (χ2v) is 6.95. The SMILES string of the molecule is CCCNC(Cc1ccc(C)cc1)C1CCCC(CC)C1. The first-order valence-electron chi connectivity index (χ1n) is 9.01. The predicted octanol–water partition coefficient (Wildman–Crippen LogP) is 5.12. The number of nitrogens with one attached hydrogen (secondary N) is 1. The molecule has 0 radical (unpaired) electrons. The van der Waals surface area contributed by atoms with Crippen LogP contribution in [0.3, 0.4) is 0 Å². The van der Waals surface area contributed by atoms with Crippen molar-refractivity contribution in [1.29, 1.82) is 0 Å². The zero-order chi connectivity index (χ0) is 15.1. The van der Waals surface area contributed by atoms with E-state index in [9.17, 15) is 0 Å². The maximum absolute atomic E-state index is 3.85. The molecule has 1 aromatic carbocycles. The first kappa shape index (κ1) is 16.5. The molecule has 0 saturated heterocycles. The number of hydrogen-bond donors (Lipinski definition) is 1. The lowest BCUT2D eigenvalue weighted by molar-refractivity contribution is 0.207. The van der Waals surface area contributed by atoms with Crippen LogP contribution in [0.15, 0.2) is 24.3 Å². The van der Waals surface area contributed by atoms with Gasteiger partial charge in [-0.2, -0.15) is 0 Å². The first-order valence-corrected chi connectivity index (χ1v) is 9.01. The summed E-state index contributed by atoms with van der Waals surface area (Å²) in [5.74, 6) is 1.84. The second kappa shape index (κ2) is 8.58. The zero-order valence-corrected chi connectivity index (χ0v) is 14.2. The van der Waals surface area contributed by atoms with Crippen LogP contribution in [0.5, 0.6) is 0 Å². The summed E-state index contributed by atoms with van der Waals surface area (Å²) >= 11 is 0. The van der Waals surface area contributed by atoms with E-state index in [-0.39, 0.29) is 0 Å². The van der Waals surface area contributed by atoms with Gasteiger partial charge in [-0.25, -0.2) is 0 Å². The molecule has 0 aliphatic heterocycles. The van der Waals surface area contributed by atoms with Crippen molar-refractivity contribution in [1.82, 2.24) is 5.32 Å². The highest BCUT2D eigenvalue weighted by atomic mass is 14.9. The Morgan fingerprint density at radius 1 is 1.14 bits per heavy atom. The minimum Gasteiger partial charge on any atom is -0.313 e. The summed E-state index contributed by atoms with van der Waals surface area (Å²) in [5.41, 5.74) is 2.85. The molecule has 1 saturated carbocycles. The summed E-state index contributed by atoms with van der Waals surface area (Å²) in [6.45, 7) is 7.96. The monoisotopic (exact) mass is 287 g/mol. The normalized spacial score (nSPS) is 24.0. The van der Waals surface area contributed by atoms with Gasteiger partial charge in [-0.3, -0.25) is 0 Å². The van der Waals surface area contributed by atoms with E-state index in [1.807, 2.05) is 0 Å². The summed E-state index contributed by atoms with van der Waals surface area (Å²) in [6, 6.07) is 9.80. The Kier molecular flexibility index (Phi) is 6.76. The summed E-state index contributed by atoms with van der Waals surface area (Å²) < 4.78 is 0. The van der Waals surface area contributed by atoms with Crippen LogP contribution < -0.4 is 5.32 Å². The average Bonchev–Trinajstić information content (AvgIpc) is 2.53. The van der Waals surface area contributed by atoms with E-state index in [4.69, 9.17) is 0 Å². The van der Waals surface area contributed by atoms with Crippen molar-refractivity contribution < 1.29 is 0 Å². The van der Waals surface area contributed by atoms with Crippen LogP contribution >= 0.6 is 0 Å². The number of hydrogen-bond acceptors (Lipinski definition) is 1. The van der Waals surface area contributed by atoms with Crippen LogP contribution in [-0.2, 0) is 6.42 Å². The Morgan fingerprint density at radius 2 is 1.90 bits per heavy atom. The Balaban J connectivity index is 2.00. The third-order valence-electron chi connectivity index (χ3n) is 5.20. The van der Waals surface area contributed by atoms with E-state index in [0.717, 1.165) is 18.4 Å². The highest BCUT2D eigenvalue weighted by Gasteiger charge is 2.27. The summed E-state index contributed by atoms with van der Waals surface area (Å²) in [6.07, 6.45) is 9.53. The van der Waals surface area contributed by atoms with Gasteiger partial charge in [0, 0.05) is 6.04 Å². The van der Waals surface area contributed by atoms with Gasteiger partial charge < -0.3 is 5.32 Å². The van der Waals surface area contributed by atoms with Crippen LogP contribution in [0.1, 0.15) is 63.5 Å². The van der Waals surface area contributed by atoms with Crippen molar-refractivity contribution in [2.45, 2.75) is 71.8 Å². The van der Waals surface area contributed by atoms with E-state index in [1.165, 1.54) is 56.1 Å². The molecule has 1 fully saturated rings. The van der Waals surface area contributed by atoms with Crippen molar-refractivity contribution in [2.24, 2.45) is 11.8 Å². The maximum atomic E-state index is 3.85. The molecule has 1 aromatic rings. The van der Waals surface area contributed by atoms with Crippen molar-refractivity contribution >= 4 is 0 Å². The molecule has 0 spiro atoms. The summed E-state index contributed by atoms with van der Waals surface area (Å²) in [7, 11) is 0. The number of rotatable bonds is 7. The van der Waals surface area contributed by atoms with Crippen molar-refractivity contribution in [2.75, 3.05) is 6.54 Å². The van der Waals surface area contributed by atoms with Crippen molar-refractivity contribution in [3.63, 3.8) is 0 Å². The third-order valence-corrected chi connectivity index (χ3v) is 5.20. The van der Waals surface area contributed by atoms with E-state index in [0.29, 0.717) is 6.04 Å². The van der Waals surface area contributed by atoms with Gasteiger partial charge in [0.1, 0.15) is 0 Å². The van der Waals surface area contributed by atoms with Crippen LogP contribution in [0.2, 0.25) is 0 Å². The van der Waals surface area contributed by atoms with Crippen LogP contribution in [-0.4, -0.2) is 12.6 Å². The molecule has 21 heavy (non-hydrogen) atoms. The van der Waals surface area contributed by atoms with E-state index < -0.39 is 0 Å². The van der Waals surface area contributed by atoms with Gasteiger partial charge in [0.25, 0.3) is 0 Å². The maximum Gasteiger partial charge on any atom is 0.0136 e. The van der Waals surface area contributed by atoms with Crippen LogP contribution in [0.25, 0.3) is 0 Å². The zero-order valence-electron chi connectivity index (χ0n) is 14.2. The highest BCUT2D eigenvalue weighted by Crippen LogP contribution is 2.33. The Morgan fingerprint density at radius 3 is 2.57 bits per heavy atom. The van der Waals surface area contributed by atoms with E-state index >= 15 is 0 Å². The molecule has 0 amide bonds. The predicted molar refractivity (Wildman–Crippen MR) is 92.7 cm³/mol. The summed E-state index contributed by atoms with van der Waals surface area (Å²) in [5, 5.41) is 3.85. The van der Waals surface area contributed by atoms with Gasteiger partial charge in [0.05, 0.1) is 0 Å². The Hall–Kier alpha value is -0.820. The second-order valence-electron chi connectivity index (χ2n) is 6.95. The van der Waals surface area contributed by atoms with Crippen LogP contribution in [0.4, 0.5) is 0 Å². The lowest BCUT2D eigenvalue weighted by Gasteiger charge is -2.35. The molecule has 1 aliphatic rings. The molecule has 0 aromatic heterocycles. The van der Waals surface area contributed by atoms with Gasteiger partial charge in [0.2, 0.25) is 0 Å². The molecule has 2 rings (SSSR count). The van der Waals surface area contributed by atoms with Gasteiger partial charge >= 0.3 is 0 Å². The molecule has 1 heteroatoms. The quantitative estimate of drug-likeness (QED) is 0.733. The fourth-order valence-corrected chi connectivity index (χ4v) is 3.78. The molecular formula is C20H33N. The van der Waals surface area contributed by atoms with Gasteiger partial charge in [-0.05, 0) is 56.6 Å². The molecule has 1 aliphatic carbocycles. The molecule has 0 bridgehead atoms. The molecule has 1 N–H and O–H groups in total. The Bertz CT molecular complexity index is 395. The van der Waals surface area contributed by atoms with Crippen LogP contribution in [0, 0.1) is 18.8 Å². The van der Waals surface area contributed by atoms with Crippen molar-refractivity contribution in [3.05, 3.63) is 35.4 Å². The van der Waals surface area contributed by atoms with Gasteiger partial charge in [0.15, 0.2) is 0 Å². The lowest BCUT2D eigenvalue weighted by atomic mass is 9.75. The van der Waals surface area contributed by atoms with E-state index in [1.54, 1.807) is 0 Å². The molecule has 3 atom stereocenters. The fraction of sp³-hybridized carbons (Fsp3) is 0.700. The minimum atomic E-state index is 0.669. The first-order chi connectivity index (χ1) is 10.2. The lowest BCUT2D eigenvalue weighted by Crippen LogP contribution is -2.40. The highest BCUT2D eigenvalue weighted by molar-refractivity contribution is 5.22. The topological polar surface area (TPSA) is 12.0 Å². The molecule has 118 valence electrons. The van der Waals surface area contributed by atoms with E-state index in [2.05, 4.69) is 50.4 Å². The van der Waals surface area contributed by atoms with Gasteiger partial charge in [-0.15, -0.1) is 0 Å². The van der Waals surface area contributed by atoms with Crippen molar-refractivity contribution in [3.8, 4) is 0 Å². The number of aryl methyl sites for hydroxylation is 1. The molecule has 1 nitrogen and oxygen atoms in total. The smallest absolute Gasteiger partial charge is 0.0136 e. The Labute approximate surface area is 131 Å². The standard InChI is InChI=1S/C20H33N/c1-4-13-21-20(15-18-11-9-16(3)10-12-18)19-8-6-7-17(5-2)14-19/h9-12,17,19-21H,4-8,13-15H2,1-3H3. The average molecular weight is 287 g/mol. The molecule has 3 unspecified atom stereocenters. The largest absolute Gasteiger partial charge is 0.313 e. The fourth-order valence-electron chi connectivity index (χ4n) is 3.78. The third kappa shape index (κ3) is 5.14. The number of benzene rings is 1.